The second kappa shape index (κ2) is 9.64. The predicted molar refractivity (Wildman–Crippen MR) is 137 cm³/mol. The third-order valence-electron chi connectivity index (χ3n) is 7.98. The van der Waals surface area contributed by atoms with Crippen LogP contribution in [0.5, 0.6) is 0 Å². The Labute approximate surface area is 208 Å². The fourth-order valence-corrected chi connectivity index (χ4v) is 5.91. The van der Waals surface area contributed by atoms with Crippen molar-refractivity contribution in [2.75, 3.05) is 57.3 Å². The third-order valence-corrected chi connectivity index (χ3v) is 7.98. The molecule has 3 aliphatic rings. The largest absolute Gasteiger partial charge is 0.368 e. The summed E-state index contributed by atoms with van der Waals surface area (Å²) in [5, 5.41) is 4.20. The topological polar surface area (TPSA) is 64.9 Å². The average molecular weight is 479 g/mol. The van der Waals surface area contributed by atoms with Gasteiger partial charge in [-0.2, -0.15) is 9.78 Å². The lowest BCUT2D eigenvalue weighted by Crippen LogP contribution is -2.48. The molecule has 0 saturated carbocycles. The molecule has 1 aromatic carbocycles. The number of carbonyl (C=O) groups excluding carboxylic acids is 2. The Kier molecular flexibility index (Phi) is 6.57. The van der Waals surface area contributed by atoms with Gasteiger partial charge in [-0.05, 0) is 47.4 Å². The highest BCUT2D eigenvalue weighted by atomic mass is 16.2. The third kappa shape index (κ3) is 4.94. The molecule has 188 valence electrons. The van der Waals surface area contributed by atoms with E-state index in [1.807, 2.05) is 16.7 Å². The van der Waals surface area contributed by atoms with Crippen molar-refractivity contribution >= 4 is 17.6 Å². The van der Waals surface area contributed by atoms with Crippen LogP contribution in [0.3, 0.4) is 0 Å². The van der Waals surface area contributed by atoms with Gasteiger partial charge in [0.25, 0.3) is 0 Å². The summed E-state index contributed by atoms with van der Waals surface area (Å²) in [6, 6.07) is 6.95. The van der Waals surface area contributed by atoms with E-state index in [0.717, 1.165) is 64.5 Å². The number of benzene rings is 1. The van der Waals surface area contributed by atoms with Crippen molar-refractivity contribution in [3.63, 3.8) is 0 Å². The summed E-state index contributed by atoms with van der Waals surface area (Å²) in [5.74, 6) is 1.69. The number of fused-ring (bicyclic) bond motifs is 1. The molecular formula is C27H38N6O2. The lowest BCUT2D eigenvalue weighted by Gasteiger charge is -2.37. The molecule has 2 amide bonds. The van der Waals surface area contributed by atoms with Crippen LogP contribution >= 0.6 is 0 Å². The summed E-state index contributed by atoms with van der Waals surface area (Å²) < 4.78 is 1.47. The van der Waals surface area contributed by atoms with Gasteiger partial charge in [0.05, 0.1) is 6.20 Å². The fourth-order valence-electron chi connectivity index (χ4n) is 5.91. The maximum atomic E-state index is 12.8. The number of aryl methyl sites for hydroxylation is 1. The lowest BCUT2D eigenvalue weighted by molar-refractivity contribution is -0.129. The van der Waals surface area contributed by atoms with Gasteiger partial charge >= 0.3 is 6.03 Å². The summed E-state index contributed by atoms with van der Waals surface area (Å²) in [4.78, 5) is 33.6. The molecule has 0 N–H and O–H groups in total. The quantitative estimate of drug-likeness (QED) is 0.676. The molecule has 0 spiro atoms. The van der Waals surface area contributed by atoms with Crippen molar-refractivity contribution < 1.29 is 9.59 Å². The number of piperazine rings is 1. The highest BCUT2D eigenvalue weighted by Gasteiger charge is 2.42. The maximum absolute atomic E-state index is 12.8. The zero-order valence-corrected chi connectivity index (χ0v) is 21.5. The Morgan fingerprint density at radius 1 is 1.00 bits per heavy atom. The molecule has 2 unspecified atom stereocenters. The smallest absolute Gasteiger partial charge is 0.344 e. The molecule has 35 heavy (non-hydrogen) atoms. The normalized spacial score (nSPS) is 22.8. The molecule has 3 saturated heterocycles. The summed E-state index contributed by atoms with van der Waals surface area (Å²) in [7, 11) is 0. The first-order chi connectivity index (χ1) is 16.8. The number of likely N-dealkylation sites (tertiary alicyclic amines) is 2. The van der Waals surface area contributed by atoms with Crippen molar-refractivity contribution in [1.82, 2.24) is 24.5 Å². The van der Waals surface area contributed by atoms with Gasteiger partial charge in [-0.3, -0.25) is 9.69 Å². The molecule has 3 fully saturated rings. The number of amides is 2. The molecule has 2 atom stereocenters. The van der Waals surface area contributed by atoms with E-state index >= 15 is 0 Å². The van der Waals surface area contributed by atoms with Gasteiger partial charge in [0.2, 0.25) is 5.91 Å². The predicted octanol–water partition coefficient (Wildman–Crippen LogP) is 3.02. The van der Waals surface area contributed by atoms with Crippen molar-refractivity contribution in [2.45, 2.75) is 40.2 Å². The van der Waals surface area contributed by atoms with E-state index in [1.165, 1.54) is 21.5 Å². The van der Waals surface area contributed by atoms with Gasteiger partial charge in [0, 0.05) is 77.7 Å². The Morgan fingerprint density at radius 2 is 1.69 bits per heavy atom. The maximum Gasteiger partial charge on any atom is 0.344 e. The molecule has 0 bridgehead atoms. The van der Waals surface area contributed by atoms with Crippen LogP contribution in [0.4, 0.5) is 10.5 Å². The molecule has 0 radical (unpaired) electrons. The Balaban J connectivity index is 1.25. The van der Waals surface area contributed by atoms with E-state index < -0.39 is 0 Å². The molecule has 3 aliphatic heterocycles. The van der Waals surface area contributed by atoms with Crippen LogP contribution in [0.1, 0.15) is 43.4 Å². The van der Waals surface area contributed by atoms with Gasteiger partial charge in [-0.15, -0.1) is 0 Å². The Morgan fingerprint density at radius 3 is 2.26 bits per heavy atom. The lowest BCUT2D eigenvalue weighted by atomic mass is 9.99. The average Bonchev–Trinajstić information content (AvgIpc) is 3.54. The van der Waals surface area contributed by atoms with Crippen LogP contribution in [0.15, 0.2) is 30.6 Å². The first-order valence-corrected chi connectivity index (χ1v) is 12.9. The Hall–Kier alpha value is -2.87. The van der Waals surface area contributed by atoms with E-state index in [1.54, 1.807) is 19.3 Å². The number of nitrogens with zero attached hydrogens (tertiary/aromatic N) is 6. The van der Waals surface area contributed by atoms with Crippen molar-refractivity contribution in [3.05, 3.63) is 47.3 Å². The van der Waals surface area contributed by atoms with Crippen LogP contribution in [0.25, 0.3) is 0 Å². The minimum absolute atomic E-state index is 0.00434. The first kappa shape index (κ1) is 23.9. The highest BCUT2D eigenvalue weighted by Crippen LogP contribution is 2.34. The molecule has 8 nitrogen and oxygen atoms in total. The second-order valence-corrected chi connectivity index (χ2v) is 10.9. The molecule has 5 rings (SSSR count). The van der Waals surface area contributed by atoms with Crippen LogP contribution in [-0.4, -0.2) is 88.8 Å². The summed E-state index contributed by atoms with van der Waals surface area (Å²) in [6.07, 6.45) is 3.54. The Bertz CT molecular complexity index is 1070. The van der Waals surface area contributed by atoms with Crippen LogP contribution in [0.2, 0.25) is 0 Å². The standard InChI is InChI=1S/C27H38N6O2/c1-19(2)22-5-6-23(26(11-22)31-9-7-30(8-10-31)21(4)34)14-29-15-24-17-32(18-25(24)16-29)27(35)33-13-20(3)12-28-33/h5-6,11-13,19,24-25H,7-10,14-18H2,1-4H3. The molecule has 0 aliphatic carbocycles. The monoisotopic (exact) mass is 478 g/mol. The molecule has 4 heterocycles. The van der Waals surface area contributed by atoms with Crippen LogP contribution < -0.4 is 4.90 Å². The number of carbonyl (C=O) groups is 2. The zero-order chi connectivity index (χ0) is 24.7. The summed E-state index contributed by atoms with van der Waals surface area (Å²) in [5.41, 5.74) is 5.05. The first-order valence-electron chi connectivity index (χ1n) is 12.9. The SMILES string of the molecule is CC(=O)N1CCN(c2cc(C(C)C)ccc2CN2CC3CN(C(=O)n4cc(C)cn4)CC3C2)CC1. The van der Waals surface area contributed by atoms with Gasteiger partial charge < -0.3 is 14.7 Å². The van der Waals surface area contributed by atoms with E-state index in [2.05, 4.69) is 46.9 Å². The van der Waals surface area contributed by atoms with Crippen LogP contribution in [-0.2, 0) is 11.3 Å². The minimum atomic E-state index is -0.00434. The molecular weight excluding hydrogens is 440 g/mol. The molecule has 1 aromatic heterocycles. The number of rotatable bonds is 4. The molecule has 8 heteroatoms. The van der Waals surface area contributed by atoms with E-state index in [0.29, 0.717) is 17.8 Å². The zero-order valence-electron chi connectivity index (χ0n) is 21.5. The van der Waals surface area contributed by atoms with Crippen molar-refractivity contribution in [1.29, 1.82) is 0 Å². The highest BCUT2D eigenvalue weighted by molar-refractivity contribution is 5.76. The van der Waals surface area contributed by atoms with Crippen molar-refractivity contribution in [3.8, 4) is 0 Å². The van der Waals surface area contributed by atoms with E-state index in [9.17, 15) is 9.59 Å². The van der Waals surface area contributed by atoms with Gasteiger partial charge in [0.1, 0.15) is 0 Å². The fraction of sp³-hybridized carbons (Fsp3) is 0.593. The minimum Gasteiger partial charge on any atom is -0.368 e. The number of hydrogen-bond acceptors (Lipinski definition) is 5. The molecule has 2 aromatic rings. The number of hydrogen-bond donors (Lipinski definition) is 0. The number of aromatic nitrogens is 2. The summed E-state index contributed by atoms with van der Waals surface area (Å²) >= 11 is 0. The van der Waals surface area contributed by atoms with Gasteiger partial charge in [0.15, 0.2) is 0 Å². The summed E-state index contributed by atoms with van der Waals surface area (Å²) in [6.45, 7) is 16.0. The van der Waals surface area contributed by atoms with Gasteiger partial charge in [-0.25, -0.2) is 4.79 Å². The van der Waals surface area contributed by atoms with E-state index in [4.69, 9.17) is 0 Å². The second-order valence-electron chi connectivity index (χ2n) is 10.9. The van der Waals surface area contributed by atoms with Gasteiger partial charge in [-0.1, -0.05) is 26.0 Å². The van der Waals surface area contributed by atoms with E-state index in [-0.39, 0.29) is 11.9 Å². The van der Waals surface area contributed by atoms with Crippen LogP contribution in [0, 0.1) is 18.8 Å². The number of anilines is 1. The van der Waals surface area contributed by atoms with Crippen molar-refractivity contribution in [2.24, 2.45) is 11.8 Å².